The number of aliphatic hydroxyl groups excluding tert-OH is 1. The lowest BCUT2D eigenvalue weighted by molar-refractivity contribution is 0.181. The molecule has 142 valence electrons. The highest BCUT2D eigenvalue weighted by Gasteiger charge is 2.08. The number of benzene rings is 2. The van der Waals surface area contributed by atoms with Crippen LogP contribution in [0.1, 0.15) is 22.8 Å². The number of ether oxygens (including phenoxy) is 2. The molecule has 1 unspecified atom stereocenters. The molecule has 0 amide bonds. The number of nitrogens with zero attached hydrogens (tertiary/aromatic N) is 1. The lowest BCUT2D eigenvalue weighted by Gasteiger charge is -2.13. The molecule has 6 nitrogen and oxygen atoms in total. The van der Waals surface area contributed by atoms with Crippen LogP contribution >= 0.6 is 24.0 Å². The number of methoxy groups -OCH3 is 2. The van der Waals surface area contributed by atoms with Crippen molar-refractivity contribution < 1.29 is 14.6 Å². The molecule has 0 saturated carbocycles. The van der Waals surface area contributed by atoms with Crippen LogP contribution in [0.4, 0.5) is 0 Å². The molecular formula is C19H26IN3O3. The third-order valence-corrected chi connectivity index (χ3v) is 3.78. The molecule has 0 aliphatic heterocycles. The maximum atomic E-state index is 10.2. The van der Waals surface area contributed by atoms with Crippen molar-refractivity contribution in [2.24, 2.45) is 10.7 Å². The number of nitrogens with two attached hydrogens (primary N) is 1. The fraction of sp³-hybridized carbons (Fsp3) is 0.316. The van der Waals surface area contributed by atoms with E-state index in [0.29, 0.717) is 24.6 Å². The summed E-state index contributed by atoms with van der Waals surface area (Å²) in [7, 11) is 3.19. The first-order valence-corrected chi connectivity index (χ1v) is 8.02. The summed E-state index contributed by atoms with van der Waals surface area (Å²) in [4.78, 5) is 4.28. The third-order valence-electron chi connectivity index (χ3n) is 3.78. The molecule has 0 bridgehead atoms. The molecule has 0 aromatic heterocycles. The maximum absolute atomic E-state index is 10.2. The highest BCUT2D eigenvalue weighted by atomic mass is 127. The first-order valence-electron chi connectivity index (χ1n) is 8.02. The van der Waals surface area contributed by atoms with Crippen LogP contribution in [0.5, 0.6) is 11.5 Å². The number of hydrogen-bond acceptors (Lipinski definition) is 4. The number of aryl methyl sites for hydroxylation is 1. The van der Waals surface area contributed by atoms with Crippen molar-refractivity contribution in [1.82, 2.24) is 5.32 Å². The van der Waals surface area contributed by atoms with Crippen molar-refractivity contribution >= 4 is 29.9 Å². The smallest absolute Gasteiger partial charge is 0.189 e. The van der Waals surface area contributed by atoms with Crippen LogP contribution in [0.15, 0.2) is 47.5 Å². The number of guanidine groups is 1. The summed E-state index contributed by atoms with van der Waals surface area (Å²) >= 11 is 0. The summed E-state index contributed by atoms with van der Waals surface area (Å²) in [6.45, 7) is 2.69. The molecule has 4 N–H and O–H groups in total. The highest BCUT2D eigenvalue weighted by molar-refractivity contribution is 14.0. The van der Waals surface area contributed by atoms with Crippen LogP contribution in [0, 0.1) is 6.92 Å². The van der Waals surface area contributed by atoms with Crippen molar-refractivity contribution in [3.8, 4) is 11.5 Å². The van der Waals surface area contributed by atoms with Gasteiger partial charge in [0.15, 0.2) is 17.5 Å². The van der Waals surface area contributed by atoms with Gasteiger partial charge in [-0.3, -0.25) is 0 Å². The van der Waals surface area contributed by atoms with E-state index in [0.717, 1.165) is 16.7 Å². The van der Waals surface area contributed by atoms with Crippen LogP contribution in [0.25, 0.3) is 0 Å². The molecule has 26 heavy (non-hydrogen) atoms. The van der Waals surface area contributed by atoms with Gasteiger partial charge in [-0.15, -0.1) is 24.0 Å². The Morgan fingerprint density at radius 3 is 2.54 bits per heavy atom. The second-order valence-electron chi connectivity index (χ2n) is 5.70. The van der Waals surface area contributed by atoms with Gasteiger partial charge in [-0.1, -0.05) is 35.9 Å². The molecule has 0 spiro atoms. The van der Waals surface area contributed by atoms with Crippen molar-refractivity contribution in [3.05, 3.63) is 59.2 Å². The van der Waals surface area contributed by atoms with E-state index in [1.54, 1.807) is 14.2 Å². The van der Waals surface area contributed by atoms with Gasteiger partial charge in [0.1, 0.15) is 0 Å². The average molecular weight is 471 g/mol. The minimum atomic E-state index is -0.644. The molecule has 0 heterocycles. The maximum Gasteiger partial charge on any atom is 0.189 e. The largest absolute Gasteiger partial charge is 0.493 e. The molecule has 1 atom stereocenters. The molecule has 0 aliphatic rings. The Labute approximate surface area is 171 Å². The van der Waals surface area contributed by atoms with Gasteiger partial charge < -0.3 is 25.6 Å². The SMILES string of the molecule is COc1ccc(CN=C(N)NCC(O)c2cccc(C)c2)cc1OC.I. The second kappa shape index (κ2) is 10.9. The van der Waals surface area contributed by atoms with Crippen LogP contribution < -0.4 is 20.5 Å². The molecule has 0 radical (unpaired) electrons. The van der Waals surface area contributed by atoms with E-state index in [1.165, 1.54) is 0 Å². The van der Waals surface area contributed by atoms with Crippen LogP contribution in [-0.2, 0) is 6.54 Å². The molecule has 2 rings (SSSR count). The van der Waals surface area contributed by atoms with Crippen molar-refractivity contribution in [2.75, 3.05) is 20.8 Å². The van der Waals surface area contributed by atoms with Crippen molar-refractivity contribution in [2.45, 2.75) is 19.6 Å². The van der Waals surface area contributed by atoms with Gasteiger partial charge in [0.2, 0.25) is 0 Å². The average Bonchev–Trinajstić information content (AvgIpc) is 2.64. The molecule has 0 fully saturated rings. The van der Waals surface area contributed by atoms with Gasteiger partial charge in [-0.2, -0.15) is 0 Å². The van der Waals surface area contributed by atoms with Crippen molar-refractivity contribution in [1.29, 1.82) is 0 Å². The number of halogens is 1. The number of nitrogens with one attached hydrogen (secondary N) is 1. The van der Waals surface area contributed by atoms with Gasteiger partial charge in [-0.05, 0) is 30.2 Å². The Balaban J connectivity index is 0.00000338. The Bertz CT molecular complexity index is 738. The number of hydrogen-bond donors (Lipinski definition) is 3. The third kappa shape index (κ3) is 6.38. The normalized spacial score (nSPS) is 12.1. The Kier molecular flexibility index (Phi) is 9.22. The summed E-state index contributed by atoms with van der Waals surface area (Å²) < 4.78 is 10.5. The van der Waals surface area contributed by atoms with E-state index in [9.17, 15) is 5.11 Å². The minimum Gasteiger partial charge on any atom is -0.493 e. The zero-order valence-corrected chi connectivity index (χ0v) is 17.6. The Hall–Kier alpha value is -2.00. The molecule has 7 heteroatoms. The summed E-state index contributed by atoms with van der Waals surface area (Å²) in [6.07, 6.45) is -0.644. The lowest BCUT2D eigenvalue weighted by Crippen LogP contribution is -2.34. The van der Waals surface area contributed by atoms with Gasteiger partial charge in [0.05, 0.1) is 26.9 Å². The van der Waals surface area contributed by atoms with E-state index < -0.39 is 6.10 Å². The van der Waals surface area contributed by atoms with Crippen molar-refractivity contribution in [3.63, 3.8) is 0 Å². The van der Waals surface area contributed by atoms with Crippen LogP contribution in [0.2, 0.25) is 0 Å². The van der Waals surface area contributed by atoms with E-state index >= 15 is 0 Å². The standard InChI is InChI=1S/C19H25N3O3.HI/c1-13-5-4-6-15(9-13)16(23)12-22-19(20)21-11-14-7-8-17(24-2)18(10-14)25-3;/h4-10,16,23H,11-12H2,1-3H3,(H3,20,21,22);1H. The molecule has 2 aromatic rings. The van der Waals surface area contributed by atoms with Gasteiger partial charge in [-0.25, -0.2) is 4.99 Å². The molecule has 0 aliphatic carbocycles. The van der Waals surface area contributed by atoms with Crippen LogP contribution in [-0.4, -0.2) is 31.8 Å². The van der Waals surface area contributed by atoms with Crippen LogP contribution in [0.3, 0.4) is 0 Å². The second-order valence-corrected chi connectivity index (χ2v) is 5.70. The minimum absolute atomic E-state index is 0. The quantitative estimate of drug-likeness (QED) is 0.329. The first-order chi connectivity index (χ1) is 12.0. The number of aliphatic imine (C=N–C) groups is 1. The fourth-order valence-electron chi connectivity index (χ4n) is 2.41. The zero-order valence-electron chi connectivity index (χ0n) is 15.2. The monoisotopic (exact) mass is 471 g/mol. The summed E-state index contributed by atoms with van der Waals surface area (Å²) in [5, 5.41) is 13.1. The van der Waals surface area contributed by atoms with Gasteiger partial charge in [0, 0.05) is 6.54 Å². The number of aliphatic hydroxyl groups is 1. The Morgan fingerprint density at radius 1 is 1.15 bits per heavy atom. The summed E-state index contributed by atoms with van der Waals surface area (Å²) in [5.74, 6) is 1.60. The first kappa shape index (κ1) is 22.0. The molecule has 0 saturated heterocycles. The molecule has 2 aromatic carbocycles. The predicted molar refractivity (Wildman–Crippen MR) is 114 cm³/mol. The number of rotatable bonds is 7. The Morgan fingerprint density at radius 2 is 1.88 bits per heavy atom. The van der Waals surface area contributed by atoms with Gasteiger partial charge >= 0.3 is 0 Å². The van der Waals surface area contributed by atoms with E-state index in [1.807, 2.05) is 49.4 Å². The van der Waals surface area contributed by atoms with E-state index in [-0.39, 0.29) is 29.9 Å². The topological polar surface area (TPSA) is 89.1 Å². The summed E-state index contributed by atoms with van der Waals surface area (Å²) in [6, 6.07) is 13.3. The summed E-state index contributed by atoms with van der Waals surface area (Å²) in [5.41, 5.74) is 8.77. The molecular weight excluding hydrogens is 445 g/mol. The highest BCUT2D eigenvalue weighted by Crippen LogP contribution is 2.27. The van der Waals surface area contributed by atoms with E-state index in [4.69, 9.17) is 15.2 Å². The predicted octanol–water partition coefficient (Wildman–Crippen LogP) is 2.77. The zero-order chi connectivity index (χ0) is 18.2. The van der Waals surface area contributed by atoms with Gasteiger partial charge in [0.25, 0.3) is 0 Å². The van der Waals surface area contributed by atoms with E-state index in [2.05, 4.69) is 10.3 Å². The fourth-order valence-corrected chi connectivity index (χ4v) is 2.41. The lowest BCUT2D eigenvalue weighted by atomic mass is 10.1.